The maximum absolute atomic E-state index is 12.6. The van der Waals surface area contributed by atoms with E-state index in [-0.39, 0.29) is 17.8 Å². The van der Waals surface area contributed by atoms with E-state index in [2.05, 4.69) is 22.6 Å². The van der Waals surface area contributed by atoms with Crippen LogP contribution in [0.3, 0.4) is 0 Å². The Balaban J connectivity index is 1.62. The number of nitrogens with zero attached hydrogens (tertiary/aromatic N) is 1. The molecule has 2 aromatic rings. The molecule has 0 aliphatic carbocycles. The summed E-state index contributed by atoms with van der Waals surface area (Å²) in [5.41, 5.74) is 2.00. The van der Waals surface area contributed by atoms with Crippen molar-refractivity contribution in [1.29, 1.82) is 0 Å². The van der Waals surface area contributed by atoms with E-state index in [1.165, 1.54) is 13.2 Å². The molecule has 0 spiro atoms. The number of carbonyl (C=O) groups excluding carboxylic acids is 3. The number of amides is 2. The van der Waals surface area contributed by atoms with Gasteiger partial charge in [-0.3, -0.25) is 14.9 Å². The first-order chi connectivity index (χ1) is 18.0. The number of piperidine rings is 1. The molecule has 0 bridgehead atoms. The largest absolute Gasteiger partial charge is 0.469 e. The number of benzene rings is 2. The molecule has 8 nitrogen and oxygen atoms in total. The van der Waals surface area contributed by atoms with Crippen LogP contribution in [-0.2, 0) is 19.1 Å². The highest BCUT2D eigenvalue weighted by molar-refractivity contribution is 6.05. The Labute approximate surface area is 225 Å². The van der Waals surface area contributed by atoms with Crippen molar-refractivity contribution in [3.05, 3.63) is 65.7 Å². The van der Waals surface area contributed by atoms with Crippen LogP contribution >= 0.6 is 0 Å². The fourth-order valence-electron chi connectivity index (χ4n) is 4.44. The lowest BCUT2D eigenvalue weighted by molar-refractivity contribution is -0.143. The molecular formula is C30H39N3O5. The Morgan fingerprint density at radius 1 is 1.00 bits per heavy atom. The van der Waals surface area contributed by atoms with E-state index in [0.29, 0.717) is 17.3 Å². The molecule has 1 aliphatic rings. The van der Waals surface area contributed by atoms with Gasteiger partial charge in [0, 0.05) is 6.08 Å². The number of nitrogens with one attached hydrogen (secondary N) is 2. The van der Waals surface area contributed by atoms with Gasteiger partial charge < -0.3 is 19.7 Å². The minimum absolute atomic E-state index is 0.217. The number of likely N-dealkylation sites (tertiary alicyclic amines) is 1. The quantitative estimate of drug-likeness (QED) is 0.343. The number of ether oxygens (including phenoxy) is 2. The number of esters is 1. The number of para-hydroxylation sites is 2. The molecule has 0 aromatic heterocycles. The van der Waals surface area contributed by atoms with E-state index < -0.39 is 11.7 Å². The van der Waals surface area contributed by atoms with Crippen LogP contribution in [0.4, 0.5) is 16.2 Å². The van der Waals surface area contributed by atoms with Crippen LogP contribution in [0.5, 0.6) is 0 Å². The molecule has 2 N–H and O–H groups in total. The number of carbonyl (C=O) groups is 3. The molecule has 1 unspecified atom stereocenters. The van der Waals surface area contributed by atoms with Gasteiger partial charge in [0.1, 0.15) is 5.60 Å². The van der Waals surface area contributed by atoms with Gasteiger partial charge in [-0.25, -0.2) is 4.79 Å². The summed E-state index contributed by atoms with van der Waals surface area (Å²) in [6.07, 6.45) is 5.46. The summed E-state index contributed by atoms with van der Waals surface area (Å²) in [6, 6.07) is 14.5. The van der Waals surface area contributed by atoms with Gasteiger partial charge in [-0.15, -0.1) is 0 Å². The standard InChI is InChI=1S/C30H39N3O5/c1-30(2,3)38-29(36)32-26-9-7-6-8-25(26)31-27(34)15-12-21-10-13-23(14-11-21)24(28(35)37-5)20-22-16-18-33(4)19-17-22/h6-15,22,24H,16-20H2,1-5H3,(H,31,34)(H,32,36)/b15-12+. The van der Waals surface area contributed by atoms with Crippen LogP contribution in [0.15, 0.2) is 54.6 Å². The van der Waals surface area contributed by atoms with Crippen LogP contribution in [0.1, 0.15) is 57.1 Å². The van der Waals surface area contributed by atoms with E-state index in [0.717, 1.165) is 43.5 Å². The van der Waals surface area contributed by atoms with Crippen LogP contribution < -0.4 is 10.6 Å². The lowest BCUT2D eigenvalue weighted by Gasteiger charge is -2.30. The van der Waals surface area contributed by atoms with Gasteiger partial charge in [-0.2, -0.15) is 0 Å². The third-order valence-electron chi connectivity index (χ3n) is 6.48. The predicted molar refractivity (Wildman–Crippen MR) is 150 cm³/mol. The fourth-order valence-corrected chi connectivity index (χ4v) is 4.44. The SMILES string of the molecule is COC(=O)C(CC1CCN(C)CC1)c1ccc(/C=C/C(=O)Nc2ccccc2NC(=O)OC(C)(C)C)cc1. The zero-order valence-electron chi connectivity index (χ0n) is 23.0. The summed E-state index contributed by atoms with van der Waals surface area (Å²) in [6.45, 7) is 7.44. The third-order valence-corrected chi connectivity index (χ3v) is 6.48. The highest BCUT2D eigenvalue weighted by Gasteiger charge is 2.27. The lowest BCUT2D eigenvalue weighted by Crippen LogP contribution is -2.31. The predicted octanol–water partition coefficient (Wildman–Crippen LogP) is 5.67. The van der Waals surface area contributed by atoms with Crippen molar-refractivity contribution in [1.82, 2.24) is 4.90 Å². The molecule has 38 heavy (non-hydrogen) atoms. The summed E-state index contributed by atoms with van der Waals surface area (Å²) in [7, 11) is 3.56. The van der Waals surface area contributed by atoms with Gasteiger partial charge in [0.25, 0.3) is 0 Å². The molecule has 2 amide bonds. The topological polar surface area (TPSA) is 97.0 Å². The lowest BCUT2D eigenvalue weighted by atomic mass is 9.83. The second kappa shape index (κ2) is 13.2. The monoisotopic (exact) mass is 521 g/mol. The van der Waals surface area contributed by atoms with E-state index in [9.17, 15) is 14.4 Å². The van der Waals surface area contributed by atoms with Gasteiger partial charge in [0.2, 0.25) is 5.91 Å². The van der Waals surface area contributed by atoms with Crippen LogP contribution in [0, 0.1) is 5.92 Å². The number of anilines is 2. The maximum atomic E-state index is 12.6. The average Bonchev–Trinajstić information content (AvgIpc) is 2.87. The Hall–Kier alpha value is -3.65. The first-order valence-corrected chi connectivity index (χ1v) is 13.0. The molecule has 2 aromatic carbocycles. The van der Waals surface area contributed by atoms with Gasteiger partial charge in [-0.05, 0) is 95.4 Å². The highest BCUT2D eigenvalue weighted by atomic mass is 16.6. The molecule has 8 heteroatoms. The first-order valence-electron chi connectivity index (χ1n) is 13.0. The third kappa shape index (κ3) is 9.03. The molecule has 0 radical (unpaired) electrons. The Morgan fingerprint density at radius 3 is 2.18 bits per heavy atom. The zero-order chi connectivity index (χ0) is 27.7. The number of hydrogen-bond acceptors (Lipinski definition) is 6. The van der Waals surface area contributed by atoms with Crippen LogP contribution in [-0.4, -0.2) is 55.7 Å². The number of methoxy groups -OCH3 is 1. The van der Waals surface area contributed by atoms with Crippen molar-refractivity contribution in [2.24, 2.45) is 5.92 Å². The van der Waals surface area contributed by atoms with E-state index in [1.54, 1.807) is 51.1 Å². The fraction of sp³-hybridized carbons (Fsp3) is 0.433. The minimum atomic E-state index is -0.635. The average molecular weight is 522 g/mol. The van der Waals surface area contributed by atoms with Crippen molar-refractivity contribution < 1.29 is 23.9 Å². The molecule has 1 heterocycles. The minimum Gasteiger partial charge on any atom is -0.469 e. The van der Waals surface area contributed by atoms with Crippen molar-refractivity contribution in [2.45, 2.75) is 51.6 Å². The van der Waals surface area contributed by atoms with Crippen molar-refractivity contribution >= 4 is 35.4 Å². The summed E-state index contributed by atoms with van der Waals surface area (Å²) in [4.78, 5) is 39.6. The van der Waals surface area contributed by atoms with Gasteiger partial charge >= 0.3 is 12.1 Å². The molecular weight excluding hydrogens is 482 g/mol. The van der Waals surface area contributed by atoms with Crippen LogP contribution in [0.25, 0.3) is 6.08 Å². The molecule has 1 atom stereocenters. The molecule has 1 fully saturated rings. The smallest absolute Gasteiger partial charge is 0.412 e. The van der Waals surface area contributed by atoms with Gasteiger partial charge in [0.15, 0.2) is 0 Å². The second-order valence-electron chi connectivity index (χ2n) is 10.7. The van der Waals surface area contributed by atoms with Gasteiger partial charge in [-0.1, -0.05) is 36.4 Å². The van der Waals surface area contributed by atoms with E-state index in [1.807, 2.05) is 24.3 Å². The molecule has 204 valence electrons. The normalized spacial score (nSPS) is 15.6. The molecule has 3 rings (SSSR count). The van der Waals surface area contributed by atoms with Crippen molar-refractivity contribution in [3.63, 3.8) is 0 Å². The number of hydrogen-bond donors (Lipinski definition) is 2. The van der Waals surface area contributed by atoms with Crippen molar-refractivity contribution in [3.8, 4) is 0 Å². The summed E-state index contributed by atoms with van der Waals surface area (Å²) >= 11 is 0. The second-order valence-corrected chi connectivity index (χ2v) is 10.7. The summed E-state index contributed by atoms with van der Waals surface area (Å²) < 4.78 is 10.4. The summed E-state index contributed by atoms with van der Waals surface area (Å²) in [5, 5.41) is 5.46. The van der Waals surface area contributed by atoms with Crippen molar-refractivity contribution in [2.75, 3.05) is 37.9 Å². The number of rotatable bonds is 8. The highest BCUT2D eigenvalue weighted by Crippen LogP contribution is 2.31. The Morgan fingerprint density at radius 2 is 1.61 bits per heavy atom. The molecule has 1 aliphatic heterocycles. The maximum Gasteiger partial charge on any atom is 0.412 e. The van der Waals surface area contributed by atoms with E-state index in [4.69, 9.17) is 9.47 Å². The van der Waals surface area contributed by atoms with Crippen LogP contribution in [0.2, 0.25) is 0 Å². The van der Waals surface area contributed by atoms with E-state index >= 15 is 0 Å². The zero-order valence-corrected chi connectivity index (χ0v) is 23.0. The Bertz CT molecular complexity index is 1130. The van der Waals surface area contributed by atoms with Gasteiger partial charge in [0.05, 0.1) is 24.4 Å². The Kier molecular flexibility index (Phi) is 10.1. The first kappa shape index (κ1) is 28.9. The summed E-state index contributed by atoms with van der Waals surface area (Å²) in [5.74, 6) is -0.373. The molecule has 0 saturated carbocycles. The molecule has 1 saturated heterocycles.